The zero-order chi connectivity index (χ0) is 20.5. The van der Waals surface area contributed by atoms with Gasteiger partial charge in [0.25, 0.3) is 5.91 Å². The summed E-state index contributed by atoms with van der Waals surface area (Å²) in [5.74, 6) is 0.275. The molecule has 4 rings (SSSR count). The van der Waals surface area contributed by atoms with Crippen LogP contribution in [0.1, 0.15) is 15.9 Å². The first-order chi connectivity index (χ1) is 14.0. The Morgan fingerprint density at radius 2 is 1.97 bits per heavy atom. The van der Waals surface area contributed by atoms with Crippen molar-refractivity contribution in [3.8, 4) is 16.3 Å². The summed E-state index contributed by atoms with van der Waals surface area (Å²) >= 11 is 11.3. The summed E-state index contributed by atoms with van der Waals surface area (Å²) in [7, 11) is 1.56. The van der Waals surface area contributed by atoms with Crippen molar-refractivity contribution in [2.75, 3.05) is 12.4 Å². The molecule has 0 aliphatic carbocycles. The minimum absolute atomic E-state index is 0.268. The number of methoxy groups -OCH3 is 1. The Balaban J connectivity index is 1.76. The molecule has 0 aliphatic rings. The number of carbonyl (C=O) groups excluding carboxylic acids is 1. The van der Waals surface area contributed by atoms with Crippen LogP contribution >= 0.6 is 38.9 Å². The minimum atomic E-state index is -0.268. The van der Waals surface area contributed by atoms with Crippen LogP contribution in [0.5, 0.6) is 5.75 Å². The van der Waals surface area contributed by atoms with Gasteiger partial charge < -0.3 is 10.1 Å². The summed E-state index contributed by atoms with van der Waals surface area (Å²) < 4.78 is 7.33. The van der Waals surface area contributed by atoms with Gasteiger partial charge >= 0.3 is 0 Å². The first-order valence-corrected chi connectivity index (χ1v) is 10.8. The topological polar surface area (TPSA) is 51.2 Å². The summed E-state index contributed by atoms with van der Waals surface area (Å²) in [6.07, 6.45) is 0. The van der Waals surface area contributed by atoms with E-state index in [-0.39, 0.29) is 5.91 Å². The van der Waals surface area contributed by atoms with Crippen LogP contribution in [-0.2, 0) is 0 Å². The summed E-state index contributed by atoms with van der Waals surface area (Å²) in [6.45, 7) is 1.90. The summed E-state index contributed by atoms with van der Waals surface area (Å²) in [5.41, 5.74) is 3.64. The Morgan fingerprint density at radius 3 is 2.72 bits per heavy atom. The average Bonchev–Trinajstić information content (AvgIpc) is 3.12. The number of nitrogens with one attached hydrogen (secondary N) is 1. The number of amides is 1. The van der Waals surface area contributed by atoms with Crippen molar-refractivity contribution in [1.29, 1.82) is 0 Å². The molecule has 0 saturated heterocycles. The molecule has 1 heterocycles. The summed E-state index contributed by atoms with van der Waals surface area (Å²) in [5, 5.41) is 4.36. The van der Waals surface area contributed by atoms with Crippen LogP contribution in [0.25, 0.3) is 20.8 Å². The van der Waals surface area contributed by atoms with E-state index in [9.17, 15) is 4.79 Å². The smallest absolute Gasteiger partial charge is 0.259 e. The SMILES string of the molecule is COc1c(C)cc(Br)cc1C(=O)Nc1ccc(Cl)cc1-c1nc2ccccc2s1. The first kappa shape index (κ1) is 19.9. The molecule has 0 fully saturated rings. The van der Waals surface area contributed by atoms with E-state index in [1.54, 1.807) is 36.6 Å². The lowest BCUT2D eigenvalue weighted by Crippen LogP contribution is -2.14. The number of halogens is 2. The number of fused-ring (bicyclic) bond motifs is 1. The molecule has 0 saturated carbocycles. The maximum Gasteiger partial charge on any atom is 0.259 e. The van der Waals surface area contributed by atoms with Crippen molar-refractivity contribution in [2.24, 2.45) is 0 Å². The number of rotatable bonds is 4. The Kier molecular flexibility index (Phi) is 5.58. The van der Waals surface area contributed by atoms with E-state index in [1.807, 2.05) is 43.3 Å². The van der Waals surface area contributed by atoms with Gasteiger partial charge in [0.15, 0.2) is 0 Å². The van der Waals surface area contributed by atoms with Crippen molar-refractivity contribution in [3.05, 3.63) is 75.2 Å². The largest absolute Gasteiger partial charge is 0.496 e. The van der Waals surface area contributed by atoms with Crippen LogP contribution in [0, 0.1) is 6.92 Å². The fourth-order valence-electron chi connectivity index (χ4n) is 3.15. The van der Waals surface area contributed by atoms with Gasteiger partial charge in [-0.2, -0.15) is 0 Å². The molecule has 0 aliphatic heterocycles. The first-order valence-electron chi connectivity index (χ1n) is 8.77. The van der Waals surface area contributed by atoms with Crippen molar-refractivity contribution in [3.63, 3.8) is 0 Å². The Labute approximate surface area is 185 Å². The third kappa shape index (κ3) is 4.01. The predicted octanol–water partition coefficient (Wildman–Crippen LogP) is 6.95. The van der Waals surface area contributed by atoms with E-state index in [1.165, 1.54) is 0 Å². The Hall–Kier alpha value is -2.41. The predicted molar refractivity (Wildman–Crippen MR) is 123 cm³/mol. The second-order valence-corrected chi connectivity index (χ2v) is 8.82. The highest BCUT2D eigenvalue weighted by Gasteiger charge is 2.19. The standard InChI is InChI=1S/C22H16BrClN2O2S/c1-12-9-13(23)10-16(20(12)28-2)21(27)25-17-8-7-14(24)11-15(17)22-26-18-5-3-4-6-19(18)29-22/h3-11H,1-2H3,(H,25,27). The molecule has 0 bridgehead atoms. The van der Waals surface area contributed by atoms with Crippen molar-refractivity contribution < 1.29 is 9.53 Å². The highest BCUT2D eigenvalue weighted by molar-refractivity contribution is 9.10. The summed E-state index contributed by atoms with van der Waals surface area (Å²) in [6, 6.07) is 16.9. The van der Waals surface area contributed by atoms with Crippen LogP contribution < -0.4 is 10.1 Å². The van der Waals surface area contributed by atoms with Gasteiger partial charge in [0, 0.05) is 15.1 Å². The molecule has 146 valence electrons. The number of para-hydroxylation sites is 1. The maximum atomic E-state index is 13.1. The second kappa shape index (κ2) is 8.14. The Morgan fingerprint density at radius 1 is 1.17 bits per heavy atom. The molecule has 3 aromatic carbocycles. The van der Waals surface area contributed by atoms with E-state index < -0.39 is 0 Å². The molecule has 4 nitrogen and oxygen atoms in total. The number of anilines is 1. The summed E-state index contributed by atoms with van der Waals surface area (Å²) in [4.78, 5) is 17.8. The van der Waals surface area contributed by atoms with Crippen LogP contribution in [0.2, 0.25) is 5.02 Å². The molecule has 1 N–H and O–H groups in total. The number of benzene rings is 3. The average molecular weight is 488 g/mol. The highest BCUT2D eigenvalue weighted by atomic mass is 79.9. The molecular weight excluding hydrogens is 472 g/mol. The normalized spacial score (nSPS) is 10.9. The van der Waals surface area contributed by atoms with Gasteiger partial charge in [-0.15, -0.1) is 11.3 Å². The van der Waals surface area contributed by atoms with Gasteiger partial charge in [-0.05, 0) is 55.0 Å². The molecule has 0 spiro atoms. The molecule has 7 heteroatoms. The van der Waals surface area contributed by atoms with Gasteiger partial charge in [0.05, 0.1) is 28.6 Å². The Bertz CT molecular complexity index is 1210. The van der Waals surface area contributed by atoms with E-state index in [4.69, 9.17) is 21.3 Å². The third-order valence-corrected chi connectivity index (χ3v) is 6.20. The fourth-order valence-corrected chi connectivity index (χ4v) is 4.89. The molecule has 0 atom stereocenters. The lowest BCUT2D eigenvalue weighted by molar-refractivity contribution is 0.102. The number of hydrogen-bond acceptors (Lipinski definition) is 4. The van der Waals surface area contributed by atoms with Crippen molar-refractivity contribution in [2.45, 2.75) is 6.92 Å². The second-order valence-electron chi connectivity index (χ2n) is 6.43. The van der Waals surface area contributed by atoms with Gasteiger partial charge in [0.1, 0.15) is 10.8 Å². The van der Waals surface area contributed by atoms with Crippen molar-refractivity contribution in [1.82, 2.24) is 4.98 Å². The lowest BCUT2D eigenvalue weighted by atomic mass is 10.1. The zero-order valence-corrected chi connectivity index (χ0v) is 18.8. The fraction of sp³-hybridized carbons (Fsp3) is 0.0909. The third-order valence-electron chi connectivity index (χ3n) is 4.44. The molecule has 0 unspecified atom stereocenters. The number of aromatic nitrogens is 1. The molecule has 0 radical (unpaired) electrons. The monoisotopic (exact) mass is 486 g/mol. The zero-order valence-electron chi connectivity index (χ0n) is 15.6. The van der Waals surface area contributed by atoms with E-state index in [0.717, 1.165) is 30.8 Å². The maximum absolute atomic E-state index is 13.1. The van der Waals surface area contributed by atoms with Crippen molar-refractivity contribution >= 4 is 60.7 Å². The number of nitrogens with zero attached hydrogens (tertiary/aromatic N) is 1. The molecule has 1 aromatic heterocycles. The van der Waals surface area contributed by atoms with E-state index in [0.29, 0.717) is 22.0 Å². The lowest BCUT2D eigenvalue weighted by Gasteiger charge is -2.14. The van der Waals surface area contributed by atoms with Crippen LogP contribution in [-0.4, -0.2) is 18.0 Å². The van der Waals surface area contributed by atoms with Crippen LogP contribution in [0.4, 0.5) is 5.69 Å². The van der Waals surface area contributed by atoms with Gasteiger partial charge in [-0.1, -0.05) is 39.7 Å². The molecule has 29 heavy (non-hydrogen) atoms. The minimum Gasteiger partial charge on any atom is -0.496 e. The molecule has 1 amide bonds. The molecular formula is C22H16BrClN2O2S. The number of hydrogen-bond donors (Lipinski definition) is 1. The quantitative estimate of drug-likeness (QED) is 0.339. The van der Waals surface area contributed by atoms with E-state index >= 15 is 0 Å². The number of aryl methyl sites for hydroxylation is 1. The van der Waals surface area contributed by atoms with Crippen LogP contribution in [0.15, 0.2) is 59.1 Å². The van der Waals surface area contributed by atoms with Gasteiger partial charge in [-0.3, -0.25) is 4.79 Å². The number of thiazole rings is 1. The van der Waals surface area contributed by atoms with Gasteiger partial charge in [0.2, 0.25) is 0 Å². The number of ether oxygens (including phenoxy) is 1. The van der Waals surface area contributed by atoms with Gasteiger partial charge in [-0.25, -0.2) is 4.98 Å². The van der Waals surface area contributed by atoms with Crippen LogP contribution in [0.3, 0.4) is 0 Å². The highest BCUT2D eigenvalue weighted by Crippen LogP contribution is 2.37. The molecule has 4 aromatic rings. The van der Waals surface area contributed by atoms with E-state index in [2.05, 4.69) is 21.2 Å². The number of carbonyl (C=O) groups is 1.